The molecule has 1 aromatic heterocycles. The first kappa shape index (κ1) is 29.2. The third-order valence-electron chi connectivity index (χ3n) is 6.85. The summed E-state index contributed by atoms with van der Waals surface area (Å²) < 4.78 is 51.5. The van der Waals surface area contributed by atoms with Crippen molar-refractivity contribution in [2.24, 2.45) is 0 Å². The number of amides is 1. The number of nitrogens with one attached hydrogen (secondary N) is 1. The Bertz CT molecular complexity index is 1200. The Morgan fingerprint density at radius 2 is 1.73 bits per heavy atom. The molecule has 1 saturated carbocycles. The lowest BCUT2D eigenvalue weighted by atomic mass is 9.92. The number of alkyl halides is 3. The van der Waals surface area contributed by atoms with Crippen molar-refractivity contribution in [3.05, 3.63) is 52.2 Å². The van der Waals surface area contributed by atoms with Gasteiger partial charge in [-0.2, -0.15) is 13.2 Å². The molecule has 2 heterocycles. The predicted molar refractivity (Wildman–Crippen MR) is 143 cm³/mol. The van der Waals surface area contributed by atoms with Gasteiger partial charge in [0.25, 0.3) is 5.69 Å². The van der Waals surface area contributed by atoms with E-state index in [1.165, 1.54) is 6.07 Å². The Kier molecular flexibility index (Phi) is 8.59. The molecule has 1 aromatic carbocycles. The number of carbonyl (C=O) groups excluding carboxylic acids is 1. The number of hydrogen-bond acceptors (Lipinski definition) is 8. The van der Waals surface area contributed by atoms with E-state index in [4.69, 9.17) is 9.47 Å². The molecule has 1 saturated heterocycles. The normalized spacial score (nSPS) is 20.1. The molecule has 218 valence electrons. The molecule has 1 amide bonds. The first-order valence-electron chi connectivity index (χ1n) is 13.3. The average molecular weight is 566 g/mol. The molecule has 0 spiro atoms. The summed E-state index contributed by atoms with van der Waals surface area (Å²) in [6.45, 7) is 7.92. The SMILES string of the molecule is CC(C)(C)OC(=O)N1CCN(c2ccnc(O[C@H]3CC[C@H](Nc4ccc([N+](=O)[O-])c(C(F)(F)F)c4)CC3)c2)CC1. The number of nitro benzene ring substituents is 1. The number of aromatic nitrogens is 1. The maximum absolute atomic E-state index is 13.3. The summed E-state index contributed by atoms with van der Waals surface area (Å²) in [6, 6.07) is 6.68. The average Bonchev–Trinajstić information content (AvgIpc) is 2.88. The van der Waals surface area contributed by atoms with Crippen LogP contribution in [-0.4, -0.2) is 64.8 Å². The van der Waals surface area contributed by atoms with Gasteiger partial charge in [0.05, 0.1) is 4.92 Å². The van der Waals surface area contributed by atoms with Crippen LogP contribution in [0.4, 0.5) is 35.0 Å². The minimum atomic E-state index is -4.82. The molecule has 1 aliphatic heterocycles. The molecule has 0 bridgehead atoms. The van der Waals surface area contributed by atoms with Gasteiger partial charge in [-0.25, -0.2) is 9.78 Å². The van der Waals surface area contributed by atoms with Crippen molar-refractivity contribution in [1.82, 2.24) is 9.88 Å². The fraction of sp³-hybridized carbons (Fsp3) is 0.556. The van der Waals surface area contributed by atoms with Crippen LogP contribution in [0.1, 0.15) is 52.0 Å². The van der Waals surface area contributed by atoms with Crippen LogP contribution in [0.25, 0.3) is 0 Å². The number of pyridine rings is 1. The Balaban J connectivity index is 1.28. The van der Waals surface area contributed by atoms with Crippen molar-refractivity contribution >= 4 is 23.2 Å². The fourth-order valence-electron chi connectivity index (χ4n) is 4.88. The Hall–Kier alpha value is -3.77. The van der Waals surface area contributed by atoms with Crippen LogP contribution in [0.5, 0.6) is 5.88 Å². The van der Waals surface area contributed by atoms with E-state index in [1.807, 2.05) is 32.9 Å². The minimum absolute atomic E-state index is 0.0806. The zero-order chi connectivity index (χ0) is 29.1. The number of nitrogens with zero attached hydrogens (tertiary/aromatic N) is 4. The number of anilines is 2. The number of hydrogen-bond donors (Lipinski definition) is 1. The Labute approximate surface area is 230 Å². The monoisotopic (exact) mass is 565 g/mol. The van der Waals surface area contributed by atoms with E-state index < -0.39 is 28.0 Å². The summed E-state index contributed by atoms with van der Waals surface area (Å²) in [6.07, 6.45) is -0.860. The van der Waals surface area contributed by atoms with Gasteiger partial charge >= 0.3 is 12.3 Å². The lowest BCUT2D eigenvalue weighted by Gasteiger charge is -2.36. The summed E-state index contributed by atoms with van der Waals surface area (Å²) in [5.41, 5.74) is -1.62. The summed E-state index contributed by atoms with van der Waals surface area (Å²) in [5, 5.41) is 14.1. The van der Waals surface area contributed by atoms with Crippen LogP contribution in [0.3, 0.4) is 0 Å². The van der Waals surface area contributed by atoms with Gasteiger partial charge in [0.2, 0.25) is 5.88 Å². The number of benzene rings is 1. The van der Waals surface area contributed by atoms with E-state index in [0.29, 0.717) is 57.7 Å². The van der Waals surface area contributed by atoms with Gasteiger partial charge in [-0.1, -0.05) is 0 Å². The highest BCUT2D eigenvalue weighted by atomic mass is 19.4. The van der Waals surface area contributed by atoms with E-state index in [1.54, 1.807) is 11.1 Å². The van der Waals surface area contributed by atoms with E-state index in [2.05, 4.69) is 15.2 Å². The van der Waals surface area contributed by atoms with Gasteiger partial charge in [-0.3, -0.25) is 10.1 Å². The molecule has 40 heavy (non-hydrogen) atoms. The highest BCUT2D eigenvalue weighted by molar-refractivity contribution is 5.68. The molecule has 10 nitrogen and oxygen atoms in total. The molecule has 13 heteroatoms. The van der Waals surface area contributed by atoms with Gasteiger partial charge in [-0.05, 0) is 64.7 Å². The van der Waals surface area contributed by atoms with Crippen LogP contribution in [0.15, 0.2) is 36.5 Å². The summed E-state index contributed by atoms with van der Waals surface area (Å²) in [7, 11) is 0. The third-order valence-corrected chi connectivity index (χ3v) is 6.85. The van der Waals surface area contributed by atoms with Crippen molar-refractivity contribution < 1.29 is 32.4 Å². The van der Waals surface area contributed by atoms with Crippen LogP contribution in [0.2, 0.25) is 0 Å². The summed E-state index contributed by atoms with van der Waals surface area (Å²) >= 11 is 0. The van der Waals surface area contributed by atoms with Crippen LogP contribution < -0.4 is 15.0 Å². The zero-order valence-electron chi connectivity index (χ0n) is 22.7. The molecule has 1 aliphatic carbocycles. The largest absolute Gasteiger partial charge is 0.474 e. The van der Waals surface area contributed by atoms with Gasteiger partial charge in [0, 0.05) is 61.9 Å². The minimum Gasteiger partial charge on any atom is -0.474 e. The van der Waals surface area contributed by atoms with Crippen LogP contribution in [0, 0.1) is 10.1 Å². The Morgan fingerprint density at radius 3 is 2.33 bits per heavy atom. The molecular formula is C27H34F3N5O5. The van der Waals surface area contributed by atoms with Gasteiger partial charge < -0.3 is 24.6 Å². The number of piperazine rings is 1. The first-order valence-corrected chi connectivity index (χ1v) is 13.3. The molecule has 4 rings (SSSR count). The standard InChI is InChI=1S/C27H34F3N5O5/c1-26(2,3)40-25(36)34-14-12-33(13-15-34)20-10-11-31-24(17-20)39-21-7-4-18(5-8-21)32-19-6-9-23(35(37)38)22(16-19)27(28,29)30/h6,9-11,16-18,21,32H,4-5,7-8,12-15H2,1-3H3/t18-,21-. The number of carbonyl (C=O) groups is 1. The van der Waals surface area contributed by atoms with Gasteiger partial charge in [-0.15, -0.1) is 0 Å². The molecule has 2 fully saturated rings. The number of ether oxygens (including phenoxy) is 2. The van der Waals surface area contributed by atoms with Crippen LogP contribution >= 0.6 is 0 Å². The summed E-state index contributed by atoms with van der Waals surface area (Å²) in [4.78, 5) is 30.5. The maximum atomic E-state index is 13.3. The topological polar surface area (TPSA) is 110 Å². The van der Waals surface area contributed by atoms with Crippen molar-refractivity contribution in [3.63, 3.8) is 0 Å². The Morgan fingerprint density at radius 1 is 1.05 bits per heavy atom. The van der Waals surface area contributed by atoms with Crippen molar-refractivity contribution in [1.29, 1.82) is 0 Å². The molecule has 0 radical (unpaired) electrons. The predicted octanol–water partition coefficient (Wildman–Crippen LogP) is 5.87. The number of nitro groups is 1. The molecule has 2 aliphatic rings. The highest BCUT2D eigenvalue weighted by Gasteiger charge is 2.38. The maximum Gasteiger partial charge on any atom is 0.423 e. The molecule has 0 atom stereocenters. The van der Waals surface area contributed by atoms with Crippen molar-refractivity contribution in [3.8, 4) is 5.88 Å². The van der Waals surface area contributed by atoms with E-state index >= 15 is 0 Å². The van der Waals surface area contributed by atoms with Gasteiger partial charge in [0.15, 0.2) is 0 Å². The fourth-order valence-corrected chi connectivity index (χ4v) is 4.88. The molecular weight excluding hydrogens is 531 g/mol. The second-order valence-corrected chi connectivity index (χ2v) is 11.0. The van der Waals surface area contributed by atoms with Crippen molar-refractivity contribution in [2.75, 3.05) is 36.4 Å². The first-order chi connectivity index (χ1) is 18.8. The highest BCUT2D eigenvalue weighted by Crippen LogP contribution is 2.38. The molecule has 1 N–H and O–H groups in total. The molecule has 0 unspecified atom stereocenters. The van der Waals surface area contributed by atoms with E-state index in [0.717, 1.165) is 17.8 Å². The number of rotatable bonds is 6. The van der Waals surface area contributed by atoms with Crippen molar-refractivity contribution in [2.45, 2.75) is 70.4 Å². The third kappa shape index (κ3) is 7.66. The van der Waals surface area contributed by atoms with E-state index in [9.17, 15) is 28.1 Å². The zero-order valence-corrected chi connectivity index (χ0v) is 22.7. The summed E-state index contributed by atoms with van der Waals surface area (Å²) in [5.74, 6) is 0.494. The lowest BCUT2D eigenvalue weighted by Crippen LogP contribution is -2.50. The second kappa shape index (κ2) is 11.8. The quantitative estimate of drug-likeness (QED) is 0.342. The van der Waals surface area contributed by atoms with Gasteiger partial charge in [0.1, 0.15) is 17.3 Å². The lowest BCUT2D eigenvalue weighted by molar-refractivity contribution is -0.388. The number of halogens is 3. The second-order valence-electron chi connectivity index (χ2n) is 11.0. The van der Waals surface area contributed by atoms with Crippen LogP contribution in [-0.2, 0) is 10.9 Å². The molecule has 2 aromatic rings. The smallest absolute Gasteiger partial charge is 0.423 e. The van der Waals surface area contributed by atoms with E-state index in [-0.39, 0.29) is 23.9 Å².